The molecule has 2 aromatic carbocycles. The molecule has 0 radical (unpaired) electrons. The molecule has 0 aliphatic heterocycles. The molecule has 0 bridgehead atoms. The quantitative estimate of drug-likeness (QED) is 0.143. The molecule has 0 atom stereocenters. The fourth-order valence-corrected chi connectivity index (χ4v) is 4.60. The van der Waals surface area contributed by atoms with E-state index in [9.17, 15) is 26.4 Å². The van der Waals surface area contributed by atoms with Crippen LogP contribution in [0.25, 0.3) is 0 Å². The van der Waals surface area contributed by atoms with Crippen LogP contribution in [0.3, 0.4) is 0 Å². The van der Waals surface area contributed by atoms with Crippen LogP contribution in [0, 0.1) is 0 Å². The molecule has 0 aromatic heterocycles. The van der Waals surface area contributed by atoms with Crippen LogP contribution in [0.2, 0.25) is 0 Å². The Hall–Kier alpha value is -3.43. The Morgan fingerprint density at radius 2 is 1.03 bits per heavy atom. The van der Waals surface area contributed by atoms with Crippen molar-refractivity contribution in [2.24, 2.45) is 10.2 Å². The van der Waals surface area contributed by atoms with Crippen LogP contribution in [-0.4, -0.2) is 64.1 Å². The highest BCUT2D eigenvalue weighted by Gasteiger charge is 2.08. The highest BCUT2D eigenvalue weighted by molar-refractivity contribution is 7.99. The largest absolute Gasteiger partial charge is 0.383 e. The van der Waals surface area contributed by atoms with E-state index in [2.05, 4.69) is 21.1 Å². The maximum absolute atomic E-state index is 12.0. The standard InChI is InChI=1S/C24H30N4O8S3/c1-17(19-5-9-21(10-6-19)35-38(3,31)32)25-27-23(29)13-15-37-16-14-24(30)28-26-18(2)20-7-11-22(12-8-20)36-39(4,33)34/h5-12H,13-16H2,1-4H3,(H,27,29)(H,28,30)/b25-17-,26-18+. The number of amides is 2. The van der Waals surface area contributed by atoms with E-state index >= 15 is 0 Å². The van der Waals surface area contributed by atoms with Crippen LogP contribution in [-0.2, 0) is 29.8 Å². The molecule has 0 aliphatic carbocycles. The molecule has 0 unspecified atom stereocenters. The second-order valence-corrected chi connectivity index (χ2v) is 12.6. The van der Waals surface area contributed by atoms with Gasteiger partial charge in [0.25, 0.3) is 0 Å². The zero-order valence-corrected chi connectivity index (χ0v) is 24.3. The maximum atomic E-state index is 12.0. The predicted molar refractivity (Wildman–Crippen MR) is 151 cm³/mol. The van der Waals surface area contributed by atoms with E-state index in [-0.39, 0.29) is 36.2 Å². The summed E-state index contributed by atoms with van der Waals surface area (Å²) in [5.41, 5.74) is 7.38. The number of hydrogen-bond donors (Lipinski definition) is 2. The van der Waals surface area contributed by atoms with Gasteiger partial charge in [-0.25, -0.2) is 10.9 Å². The number of benzene rings is 2. The van der Waals surface area contributed by atoms with E-state index in [0.717, 1.165) is 12.5 Å². The van der Waals surface area contributed by atoms with Gasteiger partial charge >= 0.3 is 20.2 Å². The number of carbonyl (C=O) groups excluding carboxylic acids is 2. The Morgan fingerprint density at radius 1 is 0.692 bits per heavy atom. The molecule has 0 aliphatic rings. The Morgan fingerprint density at radius 3 is 1.33 bits per heavy atom. The SMILES string of the molecule is C/C(=N/NC(=O)CCSCCC(=O)N/N=C(\C)c1ccc(OS(C)(=O)=O)cc1)c1ccc(OS(C)(=O)=O)cc1. The Labute approximate surface area is 232 Å². The van der Waals surface area contributed by atoms with Crippen molar-refractivity contribution in [3.8, 4) is 11.5 Å². The Kier molecular flexibility index (Phi) is 11.9. The maximum Gasteiger partial charge on any atom is 0.306 e. The molecule has 0 heterocycles. The Balaban J connectivity index is 1.67. The van der Waals surface area contributed by atoms with E-state index in [1.807, 2.05) is 0 Å². The average molecular weight is 599 g/mol. The van der Waals surface area contributed by atoms with Crippen LogP contribution in [0.15, 0.2) is 58.7 Å². The van der Waals surface area contributed by atoms with Crippen molar-refractivity contribution in [3.63, 3.8) is 0 Å². The summed E-state index contributed by atoms with van der Waals surface area (Å²) < 4.78 is 54.2. The molecular weight excluding hydrogens is 568 g/mol. The fraction of sp³-hybridized carbons (Fsp3) is 0.333. The lowest BCUT2D eigenvalue weighted by molar-refractivity contribution is -0.121. The molecule has 15 heteroatoms. The minimum Gasteiger partial charge on any atom is -0.383 e. The van der Waals surface area contributed by atoms with Gasteiger partial charge in [0.1, 0.15) is 11.5 Å². The first-order valence-corrected chi connectivity index (χ1v) is 16.2. The van der Waals surface area contributed by atoms with E-state index in [0.29, 0.717) is 34.1 Å². The second-order valence-electron chi connectivity index (χ2n) is 8.20. The van der Waals surface area contributed by atoms with Crippen molar-refractivity contribution >= 4 is 55.2 Å². The highest BCUT2D eigenvalue weighted by atomic mass is 32.2. The van der Waals surface area contributed by atoms with Crippen LogP contribution < -0.4 is 19.2 Å². The minimum absolute atomic E-state index is 0.180. The summed E-state index contributed by atoms with van der Waals surface area (Å²) in [6.45, 7) is 3.40. The number of nitrogens with zero attached hydrogens (tertiary/aromatic N) is 2. The van der Waals surface area contributed by atoms with Crippen LogP contribution in [0.4, 0.5) is 0 Å². The van der Waals surface area contributed by atoms with Crippen molar-refractivity contribution < 1.29 is 34.8 Å². The lowest BCUT2D eigenvalue weighted by Crippen LogP contribution is -2.20. The lowest BCUT2D eigenvalue weighted by Gasteiger charge is -2.06. The van der Waals surface area contributed by atoms with Crippen molar-refractivity contribution in [1.29, 1.82) is 0 Å². The first kappa shape index (κ1) is 31.8. The van der Waals surface area contributed by atoms with Gasteiger partial charge in [-0.2, -0.15) is 38.8 Å². The minimum atomic E-state index is -3.61. The van der Waals surface area contributed by atoms with Gasteiger partial charge in [0.2, 0.25) is 11.8 Å². The molecule has 0 fully saturated rings. The molecular formula is C24H30N4O8S3. The molecule has 0 spiro atoms. The topological polar surface area (TPSA) is 170 Å². The summed E-state index contributed by atoms with van der Waals surface area (Å²) in [6.07, 6.45) is 2.33. The molecule has 2 aromatic rings. The second kappa shape index (κ2) is 14.6. The first-order chi connectivity index (χ1) is 18.2. The van der Waals surface area contributed by atoms with Gasteiger partial charge in [-0.05, 0) is 73.5 Å². The summed E-state index contributed by atoms with van der Waals surface area (Å²) >= 11 is 1.44. The molecule has 12 nitrogen and oxygen atoms in total. The third kappa shape index (κ3) is 13.3. The van der Waals surface area contributed by atoms with Crippen LogP contribution >= 0.6 is 11.8 Å². The van der Waals surface area contributed by atoms with Gasteiger partial charge in [0, 0.05) is 24.3 Å². The van der Waals surface area contributed by atoms with E-state index in [4.69, 9.17) is 8.37 Å². The number of carbonyl (C=O) groups is 2. The molecule has 2 rings (SSSR count). The average Bonchev–Trinajstić information content (AvgIpc) is 2.84. The van der Waals surface area contributed by atoms with Crippen molar-refractivity contribution in [3.05, 3.63) is 59.7 Å². The molecule has 2 amide bonds. The number of nitrogens with one attached hydrogen (secondary N) is 2. The van der Waals surface area contributed by atoms with Crippen LogP contribution in [0.5, 0.6) is 11.5 Å². The number of hydrazone groups is 2. The summed E-state index contributed by atoms with van der Waals surface area (Å²) in [7, 11) is -7.21. The van der Waals surface area contributed by atoms with Gasteiger partial charge in [0.15, 0.2) is 0 Å². The van der Waals surface area contributed by atoms with Gasteiger partial charge < -0.3 is 8.37 Å². The summed E-state index contributed by atoms with van der Waals surface area (Å²) in [5.74, 6) is 0.789. The predicted octanol–water partition coefficient (Wildman–Crippen LogP) is 2.26. The molecule has 0 saturated heterocycles. The number of thioether (sulfide) groups is 1. The van der Waals surface area contributed by atoms with Gasteiger partial charge in [0.05, 0.1) is 23.9 Å². The molecule has 2 N–H and O–H groups in total. The molecule has 0 saturated carbocycles. The third-order valence-corrected chi connectivity index (χ3v) is 6.66. The summed E-state index contributed by atoms with van der Waals surface area (Å²) in [5, 5.41) is 8.10. The van der Waals surface area contributed by atoms with Crippen LogP contribution in [0.1, 0.15) is 37.8 Å². The van der Waals surface area contributed by atoms with E-state index in [1.165, 1.54) is 36.0 Å². The number of hydrogen-bond acceptors (Lipinski definition) is 11. The monoisotopic (exact) mass is 598 g/mol. The first-order valence-electron chi connectivity index (χ1n) is 11.5. The lowest BCUT2D eigenvalue weighted by atomic mass is 10.1. The van der Waals surface area contributed by atoms with E-state index in [1.54, 1.807) is 38.1 Å². The van der Waals surface area contributed by atoms with Crippen molar-refractivity contribution in [2.75, 3.05) is 24.0 Å². The zero-order valence-electron chi connectivity index (χ0n) is 21.8. The van der Waals surface area contributed by atoms with E-state index < -0.39 is 20.2 Å². The smallest absolute Gasteiger partial charge is 0.306 e. The normalized spacial score (nSPS) is 12.5. The Bertz CT molecular complexity index is 1310. The van der Waals surface area contributed by atoms with Gasteiger partial charge in [-0.3, -0.25) is 9.59 Å². The zero-order chi connectivity index (χ0) is 29.1. The summed E-state index contributed by atoms with van der Waals surface area (Å²) in [4.78, 5) is 24.1. The number of rotatable bonds is 14. The molecule has 212 valence electrons. The summed E-state index contributed by atoms with van der Waals surface area (Å²) in [6, 6.07) is 12.5. The van der Waals surface area contributed by atoms with Crippen molar-refractivity contribution in [1.82, 2.24) is 10.9 Å². The highest BCUT2D eigenvalue weighted by Crippen LogP contribution is 2.15. The fourth-order valence-electron chi connectivity index (χ4n) is 2.82. The van der Waals surface area contributed by atoms with Gasteiger partial charge in [-0.1, -0.05) is 0 Å². The van der Waals surface area contributed by atoms with Crippen molar-refractivity contribution in [2.45, 2.75) is 26.7 Å². The molecule has 39 heavy (non-hydrogen) atoms. The van der Waals surface area contributed by atoms with Gasteiger partial charge in [-0.15, -0.1) is 0 Å². The third-order valence-electron chi connectivity index (χ3n) is 4.68.